The number of piperidine rings is 1. The molecule has 0 spiro atoms. The Morgan fingerprint density at radius 3 is 3.00 bits per heavy atom. The molecule has 62 valence electrons. The van der Waals surface area contributed by atoms with Crippen molar-refractivity contribution in [2.75, 3.05) is 13.2 Å². The van der Waals surface area contributed by atoms with Crippen LogP contribution in [0.4, 0.5) is 0 Å². The Hall–Kier alpha value is -0.340. The molecular formula is C9H15NO. The van der Waals surface area contributed by atoms with Gasteiger partial charge in [0.05, 0.1) is 12.7 Å². The third-order valence-electron chi connectivity index (χ3n) is 2.73. The fourth-order valence-electron chi connectivity index (χ4n) is 2.18. The van der Waals surface area contributed by atoms with Crippen LogP contribution >= 0.6 is 0 Å². The summed E-state index contributed by atoms with van der Waals surface area (Å²) in [5, 5.41) is 3.46. The van der Waals surface area contributed by atoms with E-state index in [1.54, 1.807) is 0 Å². The first kappa shape index (κ1) is 7.32. The quantitative estimate of drug-likeness (QED) is 0.609. The minimum atomic E-state index is 0.513. The van der Waals surface area contributed by atoms with Crippen molar-refractivity contribution in [3.8, 4) is 0 Å². The van der Waals surface area contributed by atoms with E-state index in [0.717, 1.165) is 18.5 Å². The summed E-state index contributed by atoms with van der Waals surface area (Å²) in [6.45, 7) is 5.52. The van der Waals surface area contributed by atoms with Crippen LogP contribution in [0, 0.1) is 5.92 Å². The van der Waals surface area contributed by atoms with Gasteiger partial charge in [0.25, 0.3) is 0 Å². The second-order valence-corrected chi connectivity index (χ2v) is 3.50. The Bertz CT molecular complexity index is 158. The molecule has 2 bridgehead atoms. The van der Waals surface area contributed by atoms with Gasteiger partial charge in [-0.05, 0) is 18.8 Å². The molecule has 1 heterocycles. The molecule has 2 aliphatic rings. The lowest BCUT2D eigenvalue weighted by Gasteiger charge is -2.21. The van der Waals surface area contributed by atoms with E-state index in [0.29, 0.717) is 12.7 Å². The fraction of sp³-hybridized carbons (Fsp3) is 0.778. The molecule has 11 heavy (non-hydrogen) atoms. The second-order valence-electron chi connectivity index (χ2n) is 3.50. The smallest absolute Gasteiger partial charge is 0.0648 e. The molecule has 1 saturated carbocycles. The minimum Gasteiger partial charge on any atom is -0.374 e. The highest BCUT2D eigenvalue weighted by atomic mass is 16.5. The lowest BCUT2D eigenvalue weighted by Crippen LogP contribution is -2.34. The summed E-state index contributed by atoms with van der Waals surface area (Å²) < 4.78 is 5.63. The molecule has 2 heteroatoms. The van der Waals surface area contributed by atoms with Gasteiger partial charge in [-0.3, -0.25) is 0 Å². The first-order valence-corrected chi connectivity index (χ1v) is 4.36. The Labute approximate surface area is 67.6 Å². The van der Waals surface area contributed by atoms with Crippen molar-refractivity contribution in [2.45, 2.75) is 25.0 Å². The van der Waals surface area contributed by atoms with Crippen LogP contribution < -0.4 is 5.32 Å². The van der Waals surface area contributed by atoms with E-state index in [1.807, 2.05) is 6.08 Å². The van der Waals surface area contributed by atoms with Crippen LogP contribution in [-0.2, 0) is 4.74 Å². The standard InChI is InChI=1S/C9H15NO/c1-2-3-11-9-5-8-4-7(9)6-10-8/h2,7-10H,1,3-6H2/t7-,8+,9-/m0/s1. The van der Waals surface area contributed by atoms with Gasteiger partial charge in [-0.2, -0.15) is 0 Å². The maximum Gasteiger partial charge on any atom is 0.0648 e. The number of nitrogens with one attached hydrogen (secondary N) is 1. The monoisotopic (exact) mass is 153 g/mol. The van der Waals surface area contributed by atoms with Crippen LogP contribution in [0.15, 0.2) is 12.7 Å². The van der Waals surface area contributed by atoms with Gasteiger partial charge in [0, 0.05) is 12.6 Å². The van der Waals surface area contributed by atoms with Gasteiger partial charge in [-0.25, -0.2) is 0 Å². The minimum absolute atomic E-state index is 0.513. The number of ether oxygens (including phenoxy) is 1. The fourth-order valence-corrected chi connectivity index (χ4v) is 2.18. The van der Waals surface area contributed by atoms with E-state index in [9.17, 15) is 0 Å². The summed E-state index contributed by atoms with van der Waals surface area (Å²) in [5.74, 6) is 0.778. The summed E-state index contributed by atoms with van der Waals surface area (Å²) in [5.41, 5.74) is 0. The maximum atomic E-state index is 5.63. The van der Waals surface area contributed by atoms with Gasteiger partial charge < -0.3 is 10.1 Å². The van der Waals surface area contributed by atoms with Gasteiger partial charge in [-0.15, -0.1) is 6.58 Å². The van der Waals surface area contributed by atoms with Gasteiger partial charge in [0.1, 0.15) is 0 Å². The maximum absolute atomic E-state index is 5.63. The van der Waals surface area contributed by atoms with Crippen molar-refractivity contribution in [1.29, 1.82) is 0 Å². The zero-order chi connectivity index (χ0) is 7.68. The van der Waals surface area contributed by atoms with E-state index in [4.69, 9.17) is 4.74 Å². The van der Waals surface area contributed by atoms with E-state index < -0.39 is 0 Å². The average molecular weight is 153 g/mol. The molecule has 0 aromatic heterocycles. The predicted molar refractivity (Wildman–Crippen MR) is 44.5 cm³/mol. The number of hydrogen-bond donors (Lipinski definition) is 1. The molecule has 2 fully saturated rings. The molecule has 0 unspecified atom stereocenters. The van der Waals surface area contributed by atoms with Gasteiger partial charge in [-0.1, -0.05) is 6.08 Å². The van der Waals surface area contributed by atoms with Crippen LogP contribution in [0.5, 0.6) is 0 Å². The van der Waals surface area contributed by atoms with Crippen molar-refractivity contribution in [2.24, 2.45) is 5.92 Å². The van der Waals surface area contributed by atoms with E-state index >= 15 is 0 Å². The number of rotatable bonds is 3. The van der Waals surface area contributed by atoms with Crippen molar-refractivity contribution in [3.05, 3.63) is 12.7 Å². The van der Waals surface area contributed by atoms with Crippen LogP contribution in [0.3, 0.4) is 0 Å². The molecule has 2 rings (SSSR count). The SMILES string of the molecule is C=CCO[C@H]1C[C@H]2C[C@H]1CN2. The van der Waals surface area contributed by atoms with E-state index in [-0.39, 0.29) is 0 Å². The molecule has 2 nitrogen and oxygen atoms in total. The Kier molecular flexibility index (Phi) is 1.96. The molecule has 0 radical (unpaired) electrons. The summed E-state index contributed by atoms with van der Waals surface area (Å²) in [7, 11) is 0. The number of fused-ring (bicyclic) bond motifs is 2. The molecule has 0 amide bonds. The molecule has 1 saturated heterocycles. The topological polar surface area (TPSA) is 21.3 Å². The molecule has 0 aromatic carbocycles. The lowest BCUT2D eigenvalue weighted by molar-refractivity contribution is 0.0389. The van der Waals surface area contributed by atoms with Gasteiger partial charge in [0.2, 0.25) is 0 Å². The highest BCUT2D eigenvalue weighted by molar-refractivity contribution is 4.96. The lowest BCUT2D eigenvalue weighted by atomic mass is 10.1. The molecular weight excluding hydrogens is 138 g/mol. The van der Waals surface area contributed by atoms with Gasteiger partial charge >= 0.3 is 0 Å². The van der Waals surface area contributed by atoms with E-state index in [2.05, 4.69) is 11.9 Å². The van der Waals surface area contributed by atoms with Crippen LogP contribution in [0.1, 0.15) is 12.8 Å². The third kappa shape index (κ3) is 1.33. The van der Waals surface area contributed by atoms with Crippen molar-refractivity contribution in [3.63, 3.8) is 0 Å². The second kappa shape index (κ2) is 2.95. The predicted octanol–water partition coefficient (Wildman–Crippen LogP) is 0.939. The van der Waals surface area contributed by atoms with Crippen molar-refractivity contribution >= 4 is 0 Å². The highest BCUT2D eigenvalue weighted by Gasteiger charge is 2.39. The third-order valence-corrected chi connectivity index (χ3v) is 2.73. The van der Waals surface area contributed by atoms with E-state index in [1.165, 1.54) is 12.8 Å². The van der Waals surface area contributed by atoms with Crippen LogP contribution in [-0.4, -0.2) is 25.3 Å². The summed E-state index contributed by atoms with van der Waals surface area (Å²) in [6, 6.07) is 0.745. The van der Waals surface area contributed by atoms with Crippen molar-refractivity contribution in [1.82, 2.24) is 5.32 Å². The Morgan fingerprint density at radius 2 is 2.45 bits per heavy atom. The largest absolute Gasteiger partial charge is 0.374 e. The zero-order valence-electron chi connectivity index (χ0n) is 6.75. The Morgan fingerprint density at radius 1 is 1.55 bits per heavy atom. The molecule has 1 aliphatic carbocycles. The summed E-state index contributed by atoms with van der Waals surface area (Å²) in [4.78, 5) is 0. The average Bonchev–Trinajstić information content (AvgIpc) is 2.60. The highest BCUT2D eigenvalue weighted by Crippen LogP contribution is 2.33. The van der Waals surface area contributed by atoms with Crippen molar-refractivity contribution < 1.29 is 4.74 Å². The zero-order valence-corrected chi connectivity index (χ0v) is 6.75. The first-order chi connectivity index (χ1) is 5.40. The van der Waals surface area contributed by atoms with Crippen LogP contribution in [0.2, 0.25) is 0 Å². The first-order valence-electron chi connectivity index (χ1n) is 4.36. The number of hydrogen-bond acceptors (Lipinski definition) is 2. The molecule has 1 N–H and O–H groups in total. The molecule has 3 atom stereocenters. The van der Waals surface area contributed by atoms with Crippen LogP contribution in [0.25, 0.3) is 0 Å². The molecule has 1 aliphatic heterocycles. The summed E-state index contributed by atoms with van der Waals surface area (Å²) >= 11 is 0. The normalized spacial score (nSPS) is 41.3. The van der Waals surface area contributed by atoms with Gasteiger partial charge in [0.15, 0.2) is 0 Å². The summed E-state index contributed by atoms with van der Waals surface area (Å²) in [6.07, 6.45) is 4.87. The Balaban J connectivity index is 1.83. The molecule has 0 aromatic rings.